The van der Waals surface area contributed by atoms with E-state index in [1.807, 2.05) is 32.0 Å². The number of carbonyl (C=O) groups is 2. The van der Waals surface area contributed by atoms with Gasteiger partial charge in [-0.15, -0.1) is 0 Å². The minimum absolute atomic E-state index is 0.0563. The highest BCUT2D eigenvalue weighted by Crippen LogP contribution is 2.44. The third-order valence-corrected chi connectivity index (χ3v) is 6.21. The summed E-state index contributed by atoms with van der Waals surface area (Å²) in [7, 11) is 1.54. The Bertz CT molecular complexity index is 1340. The van der Waals surface area contributed by atoms with Crippen molar-refractivity contribution in [1.29, 1.82) is 0 Å². The molecule has 0 aromatic heterocycles. The van der Waals surface area contributed by atoms with Gasteiger partial charge in [0.15, 0.2) is 0 Å². The van der Waals surface area contributed by atoms with Crippen LogP contribution in [-0.2, 0) is 9.59 Å². The van der Waals surface area contributed by atoms with E-state index in [2.05, 4.69) is 0 Å². The molecule has 1 amide bonds. The van der Waals surface area contributed by atoms with Crippen LogP contribution in [0.25, 0.3) is 5.76 Å². The van der Waals surface area contributed by atoms with Crippen LogP contribution in [0.5, 0.6) is 11.5 Å². The van der Waals surface area contributed by atoms with E-state index in [0.29, 0.717) is 28.1 Å². The Morgan fingerprint density at radius 2 is 1.65 bits per heavy atom. The third-order valence-electron chi connectivity index (χ3n) is 5.91. The lowest BCUT2D eigenvalue weighted by atomic mass is 9.93. The number of ketones is 1. The van der Waals surface area contributed by atoms with Gasteiger partial charge in [-0.25, -0.2) is 0 Å². The molecule has 0 radical (unpaired) electrons. The van der Waals surface area contributed by atoms with Crippen LogP contribution >= 0.6 is 11.6 Å². The largest absolute Gasteiger partial charge is 0.507 e. The fourth-order valence-corrected chi connectivity index (χ4v) is 4.56. The molecule has 0 aliphatic carbocycles. The van der Waals surface area contributed by atoms with Gasteiger partial charge in [-0.1, -0.05) is 23.7 Å². The highest BCUT2D eigenvalue weighted by Gasteiger charge is 2.47. The normalized spacial score (nSPS) is 17.3. The lowest BCUT2D eigenvalue weighted by Gasteiger charge is -2.26. The molecule has 1 atom stereocenters. The second kappa shape index (κ2) is 8.88. The van der Waals surface area contributed by atoms with E-state index < -0.39 is 17.7 Å². The van der Waals surface area contributed by atoms with E-state index >= 15 is 0 Å². The summed E-state index contributed by atoms with van der Waals surface area (Å²) in [6, 6.07) is 14.2. The molecular weight excluding hydrogens is 454 g/mol. The van der Waals surface area contributed by atoms with Crippen LogP contribution in [0.15, 0.2) is 60.2 Å². The standard InChI is InChI=1S/C27H24ClNO5/c1-14-9-15(2)11-18(10-14)29-24(17-5-8-22(30)21(28)13-17)23(26(32)27(29)33)25(31)20-7-6-19(34-4)12-16(20)3/h5-13,24,30-31H,1-4H3/b25-23-. The highest BCUT2D eigenvalue weighted by atomic mass is 35.5. The number of hydrogen-bond donors (Lipinski definition) is 2. The summed E-state index contributed by atoms with van der Waals surface area (Å²) < 4.78 is 5.24. The van der Waals surface area contributed by atoms with Crippen molar-refractivity contribution < 1.29 is 24.5 Å². The van der Waals surface area contributed by atoms with E-state index in [4.69, 9.17) is 16.3 Å². The van der Waals surface area contributed by atoms with E-state index in [1.165, 1.54) is 24.1 Å². The number of phenols is 1. The van der Waals surface area contributed by atoms with Gasteiger partial charge in [0.2, 0.25) is 0 Å². The van der Waals surface area contributed by atoms with Crippen molar-refractivity contribution in [2.75, 3.05) is 12.0 Å². The summed E-state index contributed by atoms with van der Waals surface area (Å²) in [6.07, 6.45) is 0. The second-order valence-electron chi connectivity index (χ2n) is 8.41. The summed E-state index contributed by atoms with van der Waals surface area (Å²) in [6.45, 7) is 5.59. The van der Waals surface area contributed by atoms with E-state index in [-0.39, 0.29) is 22.1 Å². The zero-order chi connectivity index (χ0) is 24.7. The lowest BCUT2D eigenvalue weighted by Crippen LogP contribution is -2.29. The number of carbonyl (C=O) groups excluding carboxylic acids is 2. The van der Waals surface area contributed by atoms with Gasteiger partial charge in [0.05, 0.1) is 23.7 Å². The van der Waals surface area contributed by atoms with Crippen molar-refractivity contribution in [3.8, 4) is 11.5 Å². The molecule has 6 nitrogen and oxygen atoms in total. The first kappa shape index (κ1) is 23.4. The molecule has 7 heteroatoms. The molecule has 4 rings (SSSR count). The van der Waals surface area contributed by atoms with Crippen LogP contribution in [0.3, 0.4) is 0 Å². The molecule has 3 aromatic carbocycles. The number of methoxy groups -OCH3 is 1. The number of nitrogens with zero attached hydrogens (tertiary/aromatic N) is 1. The molecule has 174 valence electrons. The number of ether oxygens (including phenoxy) is 1. The molecule has 1 aliphatic heterocycles. The van der Waals surface area contributed by atoms with Gasteiger partial charge in [-0.3, -0.25) is 14.5 Å². The molecule has 1 saturated heterocycles. The number of aryl methyl sites for hydroxylation is 3. The van der Waals surface area contributed by atoms with Gasteiger partial charge < -0.3 is 14.9 Å². The van der Waals surface area contributed by atoms with Crippen LogP contribution in [0.2, 0.25) is 5.02 Å². The smallest absolute Gasteiger partial charge is 0.300 e. The highest BCUT2D eigenvalue weighted by molar-refractivity contribution is 6.51. The minimum atomic E-state index is -0.944. The van der Waals surface area contributed by atoms with Crippen molar-refractivity contribution in [2.45, 2.75) is 26.8 Å². The Balaban J connectivity index is 1.99. The number of aromatic hydroxyl groups is 1. The summed E-state index contributed by atoms with van der Waals surface area (Å²) in [5, 5.41) is 21.3. The molecule has 1 unspecified atom stereocenters. The fraction of sp³-hybridized carbons (Fsp3) is 0.185. The average Bonchev–Trinajstić information content (AvgIpc) is 3.05. The monoisotopic (exact) mass is 477 g/mol. The van der Waals surface area contributed by atoms with E-state index in [9.17, 15) is 19.8 Å². The number of benzene rings is 3. The van der Waals surface area contributed by atoms with E-state index in [1.54, 1.807) is 31.2 Å². The zero-order valence-corrected chi connectivity index (χ0v) is 20.0. The van der Waals surface area contributed by atoms with Crippen LogP contribution in [-0.4, -0.2) is 29.0 Å². The lowest BCUT2D eigenvalue weighted by molar-refractivity contribution is -0.132. The summed E-state index contributed by atoms with van der Waals surface area (Å²) in [4.78, 5) is 28.0. The van der Waals surface area contributed by atoms with Gasteiger partial charge in [0.25, 0.3) is 11.7 Å². The molecule has 1 heterocycles. The molecule has 34 heavy (non-hydrogen) atoms. The molecule has 0 bridgehead atoms. The summed E-state index contributed by atoms with van der Waals surface area (Å²) in [5.74, 6) is -1.38. The molecule has 1 fully saturated rings. The van der Waals surface area contributed by atoms with Crippen molar-refractivity contribution in [3.05, 3.63) is 93.0 Å². The molecule has 2 N–H and O–H groups in total. The number of hydrogen-bond acceptors (Lipinski definition) is 5. The quantitative estimate of drug-likeness (QED) is 0.290. The number of Topliss-reactive ketones (excluding diaryl/α,β-unsaturated/α-hetero) is 1. The van der Waals surface area contributed by atoms with Crippen molar-refractivity contribution in [2.24, 2.45) is 0 Å². The first-order chi connectivity index (χ1) is 16.1. The number of halogens is 1. The topological polar surface area (TPSA) is 87.1 Å². The van der Waals surface area contributed by atoms with Gasteiger partial charge in [0.1, 0.15) is 17.3 Å². The van der Waals surface area contributed by atoms with Gasteiger partial charge in [-0.05, 0) is 85.5 Å². The number of rotatable bonds is 4. The number of anilines is 1. The Morgan fingerprint density at radius 1 is 0.971 bits per heavy atom. The Morgan fingerprint density at radius 3 is 2.24 bits per heavy atom. The van der Waals surface area contributed by atoms with Gasteiger partial charge in [0, 0.05) is 11.3 Å². The predicted molar refractivity (Wildman–Crippen MR) is 132 cm³/mol. The zero-order valence-electron chi connectivity index (χ0n) is 19.2. The van der Waals surface area contributed by atoms with Crippen molar-refractivity contribution >= 4 is 34.7 Å². The Hall–Kier alpha value is -3.77. The molecule has 3 aromatic rings. The van der Waals surface area contributed by atoms with Crippen molar-refractivity contribution in [1.82, 2.24) is 0 Å². The number of amides is 1. The maximum atomic E-state index is 13.3. The van der Waals surface area contributed by atoms with Crippen LogP contribution < -0.4 is 9.64 Å². The molecule has 1 aliphatic rings. The van der Waals surface area contributed by atoms with Gasteiger partial charge >= 0.3 is 0 Å². The van der Waals surface area contributed by atoms with Crippen molar-refractivity contribution in [3.63, 3.8) is 0 Å². The average molecular weight is 478 g/mol. The third kappa shape index (κ3) is 4.01. The first-order valence-corrected chi connectivity index (χ1v) is 11.0. The van der Waals surface area contributed by atoms with Crippen LogP contribution in [0.1, 0.15) is 33.9 Å². The number of phenolic OH excluding ortho intramolecular Hbond substituents is 1. The molecule has 0 spiro atoms. The molecule has 0 saturated carbocycles. The van der Waals surface area contributed by atoms with Gasteiger partial charge in [-0.2, -0.15) is 0 Å². The second-order valence-corrected chi connectivity index (χ2v) is 8.81. The number of aliphatic hydroxyl groups is 1. The summed E-state index contributed by atoms with van der Waals surface area (Å²) in [5.41, 5.74) is 3.88. The van der Waals surface area contributed by atoms with E-state index in [0.717, 1.165) is 11.1 Å². The Kier molecular flexibility index (Phi) is 6.11. The minimum Gasteiger partial charge on any atom is -0.507 e. The Labute approximate surface area is 202 Å². The fourth-order valence-electron chi connectivity index (χ4n) is 4.37. The number of aliphatic hydroxyl groups excluding tert-OH is 1. The summed E-state index contributed by atoms with van der Waals surface area (Å²) >= 11 is 6.18. The molecular formula is C27H24ClNO5. The van der Waals surface area contributed by atoms with Crippen LogP contribution in [0.4, 0.5) is 5.69 Å². The maximum Gasteiger partial charge on any atom is 0.300 e. The first-order valence-electron chi connectivity index (χ1n) is 10.6. The maximum absolute atomic E-state index is 13.3. The van der Waals surface area contributed by atoms with Crippen LogP contribution in [0, 0.1) is 20.8 Å². The SMILES string of the molecule is COc1ccc(/C(O)=C2/C(=O)C(=O)N(c3cc(C)cc(C)c3)C2c2ccc(O)c(Cl)c2)c(C)c1. The predicted octanol–water partition coefficient (Wildman–Crippen LogP) is 5.61.